The minimum absolute atomic E-state index is 0.0402. The van der Waals surface area contributed by atoms with Gasteiger partial charge in [0.05, 0.1) is 24.0 Å². The van der Waals surface area contributed by atoms with Gasteiger partial charge in [-0.3, -0.25) is 9.48 Å². The fraction of sp³-hybridized carbons (Fsp3) is 0.261. The van der Waals surface area contributed by atoms with Crippen LogP contribution in [0.5, 0.6) is 5.88 Å². The lowest BCUT2D eigenvalue weighted by molar-refractivity contribution is -0.130. The van der Waals surface area contributed by atoms with E-state index < -0.39 is 0 Å². The highest BCUT2D eigenvalue weighted by molar-refractivity contribution is 5.95. The topological polar surface area (TPSA) is 73.9 Å². The van der Waals surface area contributed by atoms with E-state index in [1.807, 2.05) is 67.2 Å². The van der Waals surface area contributed by atoms with Crippen LogP contribution in [0, 0.1) is 6.92 Å². The summed E-state index contributed by atoms with van der Waals surface area (Å²) >= 11 is 0. The molecule has 8 heteroatoms. The molecule has 0 spiro atoms. The number of aryl methyl sites for hydroxylation is 2. The average molecular weight is 417 g/mol. The Kier molecular flexibility index (Phi) is 4.91. The first kappa shape index (κ1) is 19.3. The third kappa shape index (κ3) is 3.66. The molecule has 1 aliphatic rings. The minimum Gasteiger partial charge on any atom is -0.475 e. The van der Waals surface area contributed by atoms with Crippen molar-refractivity contribution in [3.8, 4) is 17.1 Å². The SMILES string of the molecule is Cc1ccc(N2C[C@@H](COc3ccc(-c4ccnn4C)c4ccnn34)OCC2=O)cc1. The summed E-state index contributed by atoms with van der Waals surface area (Å²) < 4.78 is 15.4. The lowest BCUT2D eigenvalue weighted by atomic mass is 10.1. The van der Waals surface area contributed by atoms with E-state index in [0.29, 0.717) is 19.0 Å². The average Bonchev–Trinajstić information content (AvgIpc) is 3.43. The summed E-state index contributed by atoms with van der Waals surface area (Å²) in [5, 5.41) is 8.68. The Morgan fingerprint density at radius 2 is 1.87 bits per heavy atom. The largest absolute Gasteiger partial charge is 0.475 e. The van der Waals surface area contributed by atoms with Gasteiger partial charge in [-0.2, -0.15) is 10.2 Å². The molecule has 3 aromatic heterocycles. The smallest absolute Gasteiger partial charge is 0.253 e. The van der Waals surface area contributed by atoms with Crippen LogP contribution in [0.1, 0.15) is 5.56 Å². The van der Waals surface area contributed by atoms with Crippen molar-refractivity contribution in [1.82, 2.24) is 19.4 Å². The van der Waals surface area contributed by atoms with E-state index in [1.54, 1.807) is 21.8 Å². The van der Waals surface area contributed by atoms with Crippen molar-refractivity contribution in [3.63, 3.8) is 0 Å². The molecule has 1 atom stereocenters. The van der Waals surface area contributed by atoms with Crippen molar-refractivity contribution in [3.05, 3.63) is 66.5 Å². The van der Waals surface area contributed by atoms with Gasteiger partial charge in [0, 0.05) is 30.6 Å². The minimum atomic E-state index is -0.235. The molecule has 1 fully saturated rings. The van der Waals surface area contributed by atoms with Crippen LogP contribution < -0.4 is 9.64 Å². The summed E-state index contributed by atoms with van der Waals surface area (Å²) in [6.07, 6.45) is 3.28. The number of anilines is 1. The lowest BCUT2D eigenvalue weighted by Gasteiger charge is -2.32. The Morgan fingerprint density at radius 1 is 1.06 bits per heavy atom. The molecule has 31 heavy (non-hydrogen) atoms. The zero-order valence-corrected chi connectivity index (χ0v) is 17.4. The maximum atomic E-state index is 12.4. The number of hydrogen-bond donors (Lipinski definition) is 0. The number of morpholine rings is 1. The van der Waals surface area contributed by atoms with Crippen molar-refractivity contribution in [1.29, 1.82) is 0 Å². The van der Waals surface area contributed by atoms with E-state index in [9.17, 15) is 4.79 Å². The van der Waals surface area contributed by atoms with Crippen LogP contribution in [-0.2, 0) is 16.6 Å². The van der Waals surface area contributed by atoms with Gasteiger partial charge in [-0.1, -0.05) is 17.7 Å². The molecule has 1 aliphatic heterocycles. The van der Waals surface area contributed by atoms with E-state index in [4.69, 9.17) is 9.47 Å². The molecular formula is C23H23N5O3. The molecule has 4 heterocycles. The molecule has 1 saturated heterocycles. The van der Waals surface area contributed by atoms with E-state index in [0.717, 1.165) is 28.0 Å². The number of nitrogens with zero attached hydrogens (tertiary/aromatic N) is 5. The Morgan fingerprint density at radius 3 is 2.65 bits per heavy atom. The third-order valence-corrected chi connectivity index (χ3v) is 5.51. The summed E-state index contributed by atoms with van der Waals surface area (Å²) in [6.45, 7) is 2.82. The number of fused-ring (bicyclic) bond motifs is 1. The van der Waals surface area contributed by atoms with Crippen molar-refractivity contribution in [2.24, 2.45) is 7.05 Å². The van der Waals surface area contributed by atoms with Crippen molar-refractivity contribution < 1.29 is 14.3 Å². The van der Waals surface area contributed by atoms with Crippen LogP contribution in [0.25, 0.3) is 16.8 Å². The molecule has 0 bridgehead atoms. The molecule has 4 aromatic rings. The maximum Gasteiger partial charge on any atom is 0.253 e. The molecule has 0 saturated carbocycles. The monoisotopic (exact) mass is 417 g/mol. The number of hydrogen-bond acceptors (Lipinski definition) is 5. The van der Waals surface area contributed by atoms with Gasteiger partial charge in [0.15, 0.2) is 0 Å². The van der Waals surface area contributed by atoms with Gasteiger partial charge in [0.1, 0.15) is 19.3 Å². The summed E-state index contributed by atoms with van der Waals surface area (Å²) in [5.74, 6) is 0.573. The number of benzene rings is 1. The summed E-state index contributed by atoms with van der Waals surface area (Å²) in [7, 11) is 1.91. The van der Waals surface area contributed by atoms with E-state index in [-0.39, 0.29) is 18.6 Å². The van der Waals surface area contributed by atoms with Crippen LogP contribution >= 0.6 is 0 Å². The third-order valence-electron chi connectivity index (χ3n) is 5.51. The molecule has 0 aliphatic carbocycles. The normalized spacial score (nSPS) is 16.8. The van der Waals surface area contributed by atoms with E-state index >= 15 is 0 Å². The van der Waals surface area contributed by atoms with Gasteiger partial charge < -0.3 is 14.4 Å². The first-order chi connectivity index (χ1) is 15.1. The standard InChI is InChI=1S/C23H23N5O3/c1-16-3-5-17(6-4-16)27-13-18(30-15-22(27)29)14-31-23-8-7-19(20-9-11-24-26(20)2)21-10-12-25-28(21)23/h3-12,18H,13-15H2,1-2H3/t18-/m0/s1. The van der Waals surface area contributed by atoms with Crippen LogP contribution in [0.3, 0.4) is 0 Å². The molecule has 1 aromatic carbocycles. The van der Waals surface area contributed by atoms with Crippen molar-refractivity contribution in [2.75, 3.05) is 24.7 Å². The second kappa shape index (κ2) is 7.88. The predicted octanol–water partition coefficient (Wildman–Crippen LogP) is 2.85. The van der Waals surface area contributed by atoms with E-state index in [2.05, 4.69) is 10.2 Å². The van der Waals surface area contributed by atoms with Gasteiger partial charge in [-0.05, 0) is 37.3 Å². The predicted molar refractivity (Wildman–Crippen MR) is 116 cm³/mol. The molecule has 8 nitrogen and oxygen atoms in total. The molecule has 0 N–H and O–H groups in total. The molecular weight excluding hydrogens is 394 g/mol. The fourth-order valence-electron chi connectivity index (χ4n) is 3.84. The zero-order valence-electron chi connectivity index (χ0n) is 17.4. The highest BCUT2D eigenvalue weighted by Gasteiger charge is 2.28. The first-order valence-electron chi connectivity index (χ1n) is 10.2. The summed E-state index contributed by atoms with van der Waals surface area (Å²) in [6, 6.07) is 15.7. The lowest BCUT2D eigenvalue weighted by Crippen LogP contribution is -2.48. The van der Waals surface area contributed by atoms with Crippen LogP contribution in [-0.4, -0.2) is 51.2 Å². The van der Waals surface area contributed by atoms with Gasteiger partial charge in [0.2, 0.25) is 5.88 Å². The number of carbonyl (C=O) groups is 1. The van der Waals surface area contributed by atoms with Crippen molar-refractivity contribution >= 4 is 17.1 Å². The van der Waals surface area contributed by atoms with Gasteiger partial charge >= 0.3 is 0 Å². The van der Waals surface area contributed by atoms with Crippen LogP contribution in [0.15, 0.2) is 60.9 Å². The van der Waals surface area contributed by atoms with Gasteiger partial charge in [-0.25, -0.2) is 4.52 Å². The number of pyridine rings is 1. The maximum absolute atomic E-state index is 12.4. The fourth-order valence-corrected chi connectivity index (χ4v) is 3.84. The Balaban J connectivity index is 1.33. The van der Waals surface area contributed by atoms with E-state index in [1.165, 1.54) is 0 Å². The molecule has 158 valence electrons. The first-order valence-corrected chi connectivity index (χ1v) is 10.2. The summed E-state index contributed by atoms with van der Waals surface area (Å²) in [4.78, 5) is 14.1. The van der Waals surface area contributed by atoms with Gasteiger partial charge in [0.25, 0.3) is 5.91 Å². The van der Waals surface area contributed by atoms with Crippen LogP contribution in [0.2, 0.25) is 0 Å². The van der Waals surface area contributed by atoms with Crippen LogP contribution in [0.4, 0.5) is 5.69 Å². The molecule has 0 radical (unpaired) electrons. The second-order valence-corrected chi connectivity index (χ2v) is 7.64. The quantitative estimate of drug-likeness (QED) is 0.499. The number of ether oxygens (including phenoxy) is 2. The molecule has 1 amide bonds. The van der Waals surface area contributed by atoms with Crippen molar-refractivity contribution in [2.45, 2.75) is 13.0 Å². The molecule has 5 rings (SSSR count). The Hall–Kier alpha value is -3.65. The number of rotatable bonds is 5. The zero-order chi connectivity index (χ0) is 21.4. The Bertz CT molecular complexity index is 1230. The number of amides is 1. The second-order valence-electron chi connectivity index (χ2n) is 7.64. The number of carbonyl (C=O) groups excluding carboxylic acids is 1. The number of aromatic nitrogens is 4. The van der Waals surface area contributed by atoms with Gasteiger partial charge in [-0.15, -0.1) is 0 Å². The summed E-state index contributed by atoms with van der Waals surface area (Å²) in [5.41, 5.74) is 4.98. The Labute approximate surface area is 179 Å². The highest BCUT2D eigenvalue weighted by Crippen LogP contribution is 2.28. The molecule has 0 unspecified atom stereocenters. The highest BCUT2D eigenvalue weighted by atomic mass is 16.5.